The highest BCUT2D eigenvalue weighted by Gasteiger charge is 2.30. The lowest BCUT2D eigenvalue weighted by Crippen LogP contribution is -2.39. The monoisotopic (exact) mass is 507 g/mol. The lowest BCUT2D eigenvalue weighted by atomic mass is 9.77. The number of carbonyl (C=O) groups excluding carboxylic acids is 1. The fourth-order valence-electron chi connectivity index (χ4n) is 6.21. The van der Waals surface area contributed by atoms with Gasteiger partial charge in [-0.1, -0.05) is 25.0 Å². The number of carbonyl (C=O) groups is 1. The summed E-state index contributed by atoms with van der Waals surface area (Å²) in [6, 6.07) is 22.5. The Balaban J connectivity index is 1.25. The van der Waals surface area contributed by atoms with E-state index < -0.39 is 0 Å². The number of amides is 1. The molecule has 0 unspecified atom stereocenters. The summed E-state index contributed by atoms with van der Waals surface area (Å²) >= 11 is 0. The van der Waals surface area contributed by atoms with Crippen molar-refractivity contribution in [2.45, 2.75) is 51.0 Å². The van der Waals surface area contributed by atoms with Crippen LogP contribution in [0.25, 0.3) is 11.1 Å². The molecule has 5 rings (SSSR count). The number of pyridine rings is 1. The number of aromatic nitrogens is 1. The largest absolute Gasteiger partial charge is 0.371 e. The second-order valence-corrected chi connectivity index (χ2v) is 10.7. The highest BCUT2D eigenvalue weighted by molar-refractivity contribution is 5.95. The van der Waals surface area contributed by atoms with Gasteiger partial charge in [0, 0.05) is 43.6 Å². The Morgan fingerprint density at radius 2 is 1.84 bits per heavy atom. The van der Waals surface area contributed by atoms with E-state index in [2.05, 4.69) is 44.8 Å². The molecular weight excluding hydrogens is 470 g/mol. The lowest BCUT2D eigenvalue weighted by Gasteiger charge is -2.39. The van der Waals surface area contributed by atoms with E-state index in [9.17, 15) is 4.79 Å². The molecule has 2 aliphatic rings. The number of rotatable bonds is 7. The first kappa shape index (κ1) is 25.8. The summed E-state index contributed by atoms with van der Waals surface area (Å²) in [6.45, 7) is 2.18. The highest BCUT2D eigenvalue weighted by Crippen LogP contribution is 2.35. The molecule has 1 aliphatic carbocycles. The van der Waals surface area contributed by atoms with Crippen LogP contribution in [0.2, 0.25) is 0 Å². The van der Waals surface area contributed by atoms with Crippen LogP contribution in [0.3, 0.4) is 0 Å². The zero-order valence-electron chi connectivity index (χ0n) is 22.2. The fraction of sp³-hybridized carbons (Fsp3) is 0.406. The number of hydrogen-bond acceptors (Lipinski definition) is 5. The van der Waals surface area contributed by atoms with Crippen molar-refractivity contribution in [1.29, 1.82) is 5.26 Å². The average Bonchev–Trinajstić information content (AvgIpc) is 2.98. The van der Waals surface area contributed by atoms with Crippen LogP contribution in [0.5, 0.6) is 0 Å². The number of nitrogens with one attached hydrogen (secondary N) is 2. The molecule has 3 atom stereocenters. The van der Waals surface area contributed by atoms with Crippen molar-refractivity contribution in [2.24, 2.45) is 11.8 Å². The summed E-state index contributed by atoms with van der Waals surface area (Å²) in [5.41, 5.74) is 4.68. The Hall–Kier alpha value is -3.85. The first-order valence-electron chi connectivity index (χ1n) is 13.9. The topological polar surface area (TPSA) is 81.1 Å². The van der Waals surface area contributed by atoms with Crippen molar-refractivity contribution in [3.63, 3.8) is 0 Å². The maximum atomic E-state index is 12.1. The van der Waals surface area contributed by atoms with Crippen molar-refractivity contribution < 1.29 is 4.79 Å². The Kier molecular flexibility index (Phi) is 8.23. The molecule has 1 amide bonds. The van der Waals surface area contributed by atoms with Gasteiger partial charge in [-0.05, 0) is 104 Å². The van der Waals surface area contributed by atoms with Gasteiger partial charge < -0.3 is 15.5 Å². The first-order chi connectivity index (χ1) is 18.6. The third-order valence-corrected chi connectivity index (χ3v) is 8.20. The molecule has 2 heterocycles. The van der Waals surface area contributed by atoms with E-state index in [1.807, 2.05) is 48.7 Å². The molecule has 38 heavy (non-hydrogen) atoms. The molecule has 1 aliphatic heterocycles. The quantitative estimate of drug-likeness (QED) is 0.395. The van der Waals surface area contributed by atoms with E-state index in [4.69, 9.17) is 5.26 Å². The normalized spacial score (nSPS) is 21.4. The van der Waals surface area contributed by atoms with E-state index in [1.54, 1.807) is 7.05 Å². The van der Waals surface area contributed by atoms with Crippen LogP contribution in [0.4, 0.5) is 11.5 Å². The van der Waals surface area contributed by atoms with E-state index in [1.165, 1.54) is 50.6 Å². The average molecular weight is 508 g/mol. The third-order valence-electron chi connectivity index (χ3n) is 8.20. The number of nitriles is 1. The molecule has 0 spiro atoms. The summed E-state index contributed by atoms with van der Waals surface area (Å²) < 4.78 is 0. The summed E-state index contributed by atoms with van der Waals surface area (Å²) in [4.78, 5) is 19.3. The zero-order chi connectivity index (χ0) is 26.3. The van der Waals surface area contributed by atoms with Gasteiger partial charge in [-0.25, -0.2) is 4.98 Å². The Morgan fingerprint density at radius 1 is 1.03 bits per heavy atom. The van der Waals surface area contributed by atoms with Crippen LogP contribution in [-0.4, -0.2) is 37.1 Å². The van der Waals surface area contributed by atoms with E-state index in [0.29, 0.717) is 23.4 Å². The molecule has 6 heteroatoms. The standard InChI is InChI=1S/C32H37N5O/c1-34-32(38)28-9-4-8-25(19-28)26-15-16-35-31(20-26)36-30-10-3-2-7-27(30)18-24-6-5-17-37(22-24)29-13-11-23(21-33)12-14-29/h4,8-9,11-16,19-20,24,27,30H,2-3,5-7,10,17-18,22H2,1H3,(H,34,38)(H,35,36)/t24-,27+,30-/m1/s1. The molecule has 6 nitrogen and oxygen atoms in total. The second-order valence-electron chi connectivity index (χ2n) is 10.7. The minimum Gasteiger partial charge on any atom is -0.371 e. The Labute approximate surface area is 226 Å². The van der Waals surface area contributed by atoms with Crippen LogP contribution in [-0.2, 0) is 0 Å². The van der Waals surface area contributed by atoms with Gasteiger partial charge in [-0.15, -0.1) is 0 Å². The first-order valence-corrected chi connectivity index (χ1v) is 13.9. The molecule has 1 saturated carbocycles. The molecule has 1 aromatic heterocycles. The van der Waals surface area contributed by atoms with Crippen LogP contribution in [0.1, 0.15) is 60.9 Å². The zero-order valence-corrected chi connectivity index (χ0v) is 22.2. The number of benzene rings is 2. The number of piperidine rings is 1. The van der Waals surface area contributed by atoms with Gasteiger partial charge in [0.25, 0.3) is 5.91 Å². The molecule has 0 bridgehead atoms. The van der Waals surface area contributed by atoms with Crippen molar-refractivity contribution >= 4 is 17.4 Å². The van der Waals surface area contributed by atoms with Crippen molar-refractivity contribution in [3.05, 3.63) is 78.0 Å². The van der Waals surface area contributed by atoms with Gasteiger partial charge >= 0.3 is 0 Å². The summed E-state index contributed by atoms with van der Waals surface area (Å²) in [5.74, 6) is 2.15. The van der Waals surface area contributed by atoms with Gasteiger partial charge in [0.1, 0.15) is 5.82 Å². The van der Waals surface area contributed by atoms with Gasteiger partial charge in [0.15, 0.2) is 0 Å². The van der Waals surface area contributed by atoms with Crippen molar-refractivity contribution in [1.82, 2.24) is 10.3 Å². The third kappa shape index (κ3) is 6.16. The van der Waals surface area contributed by atoms with Crippen LogP contribution in [0.15, 0.2) is 66.9 Å². The van der Waals surface area contributed by atoms with Gasteiger partial charge in [-0.3, -0.25) is 4.79 Å². The summed E-state index contributed by atoms with van der Waals surface area (Å²) in [5, 5.41) is 15.6. The van der Waals surface area contributed by atoms with Crippen molar-refractivity contribution in [3.8, 4) is 17.2 Å². The molecule has 196 valence electrons. The summed E-state index contributed by atoms with van der Waals surface area (Å²) in [7, 11) is 1.65. The maximum Gasteiger partial charge on any atom is 0.251 e. The minimum absolute atomic E-state index is 0.0789. The fourth-order valence-corrected chi connectivity index (χ4v) is 6.21. The number of anilines is 2. The van der Waals surface area contributed by atoms with Crippen LogP contribution in [0, 0.1) is 23.2 Å². The van der Waals surface area contributed by atoms with Crippen molar-refractivity contribution in [2.75, 3.05) is 30.4 Å². The molecule has 2 aromatic carbocycles. The van der Waals surface area contributed by atoms with Crippen LogP contribution >= 0.6 is 0 Å². The lowest BCUT2D eigenvalue weighted by molar-refractivity contribution is 0.0963. The van der Waals surface area contributed by atoms with E-state index >= 15 is 0 Å². The van der Waals surface area contributed by atoms with Gasteiger partial charge in [-0.2, -0.15) is 5.26 Å². The minimum atomic E-state index is -0.0789. The summed E-state index contributed by atoms with van der Waals surface area (Å²) in [6.07, 6.45) is 10.6. The Morgan fingerprint density at radius 3 is 2.66 bits per heavy atom. The van der Waals surface area contributed by atoms with E-state index in [-0.39, 0.29) is 5.91 Å². The van der Waals surface area contributed by atoms with Gasteiger partial charge in [0.05, 0.1) is 11.6 Å². The Bertz CT molecular complexity index is 1280. The maximum absolute atomic E-state index is 12.1. The SMILES string of the molecule is CNC(=O)c1cccc(-c2ccnc(N[C@@H]3CCCC[C@H]3C[C@H]3CCCN(c4ccc(C#N)cc4)C3)c2)c1. The molecule has 1 saturated heterocycles. The second kappa shape index (κ2) is 12.1. The highest BCUT2D eigenvalue weighted by atomic mass is 16.1. The predicted molar refractivity (Wildman–Crippen MR) is 153 cm³/mol. The number of hydrogen-bond donors (Lipinski definition) is 2. The molecule has 2 fully saturated rings. The number of nitrogens with zero attached hydrogens (tertiary/aromatic N) is 3. The molecule has 0 radical (unpaired) electrons. The van der Waals surface area contributed by atoms with Crippen LogP contribution < -0.4 is 15.5 Å². The molecule has 2 N–H and O–H groups in total. The molecular formula is C32H37N5O. The van der Waals surface area contributed by atoms with Gasteiger partial charge in [0.2, 0.25) is 0 Å². The smallest absolute Gasteiger partial charge is 0.251 e. The predicted octanol–water partition coefficient (Wildman–Crippen LogP) is 6.26. The van der Waals surface area contributed by atoms with E-state index in [0.717, 1.165) is 35.6 Å². The molecule has 3 aromatic rings.